The Kier molecular flexibility index (Phi) is 2.90. The van der Waals surface area contributed by atoms with Gasteiger partial charge in [0, 0.05) is 5.02 Å². The molecule has 0 radical (unpaired) electrons. The molecule has 0 saturated heterocycles. The Balaban J connectivity index is 1.97. The van der Waals surface area contributed by atoms with Crippen LogP contribution >= 0.6 is 11.6 Å². The number of fused-ring (bicyclic) bond motifs is 3. The summed E-state index contributed by atoms with van der Waals surface area (Å²) in [5, 5.41) is 5.89. The van der Waals surface area contributed by atoms with Crippen molar-refractivity contribution in [3.8, 4) is 11.1 Å². The summed E-state index contributed by atoms with van der Waals surface area (Å²) in [7, 11) is 0. The summed E-state index contributed by atoms with van der Waals surface area (Å²) in [6.07, 6.45) is 0. The Morgan fingerprint density at radius 1 is 0.524 bits per heavy atom. The predicted octanol–water partition coefficient (Wildman–Crippen LogP) is 6.31. The molecule has 0 aromatic heterocycles. The molecule has 0 saturated carbocycles. The maximum Gasteiger partial charge on any atom is 0.0412 e. The van der Waals surface area contributed by atoms with Gasteiger partial charge in [0.05, 0.1) is 0 Å². The molecule has 0 aliphatic heterocycles. The van der Waals surface area contributed by atoms with Crippen LogP contribution in [0.2, 0.25) is 5.02 Å². The summed E-state index contributed by atoms with van der Waals surface area (Å²) in [6.45, 7) is 0. The van der Waals surface area contributed by atoms with Crippen molar-refractivity contribution in [3.63, 3.8) is 0 Å². The second-order valence-electron chi connectivity index (χ2n) is 5.23. The Morgan fingerprint density at radius 3 is 2.19 bits per heavy atom. The van der Waals surface area contributed by atoms with E-state index in [0.717, 1.165) is 10.6 Å². The zero-order chi connectivity index (χ0) is 14.2. The van der Waals surface area contributed by atoms with Gasteiger partial charge in [-0.1, -0.05) is 72.3 Å². The van der Waals surface area contributed by atoms with Gasteiger partial charge in [-0.2, -0.15) is 0 Å². The van der Waals surface area contributed by atoms with Crippen molar-refractivity contribution in [1.82, 2.24) is 0 Å². The third-order valence-corrected chi connectivity index (χ3v) is 4.14. The normalized spacial score (nSPS) is 11.1. The van der Waals surface area contributed by atoms with Crippen molar-refractivity contribution in [2.75, 3.05) is 0 Å². The van der Waals surface area contributed by atoms with Crippen molar-refractivity contribution < 1.29 is 0 Å². The minimum atomic E-state index is 0.770. The van der Waals surface area contributed by atoms with Crippen molar-refractivity contribution in [3.05, 3.63) is 83.9 Å². The van der Waals surface area contributed by atoms with E-state index in [1.165, 1.54) is 27.1 Å². The van der Waals surface area contributed by atoms with Crippen LogP contribution < -0.4 is 0 Å². The van der Waals surface area contributed by atoms with E-state index in [1.54, 1.807) is 0 Å². The predicted molar refractivity (Wildman–Crippen MR) is 91.9 cm³/mol. The van der Waals surface area contributed by atoms with E-state index in [0.29, 0.717) is 0 Å². The molecule has 21 heavy (non-hydrogen) atoms. The average molecular weight is 289 g/mol. The monoisotopic (exact) mass is 288 g/mol. The van der Waals surface area contributed by atoms with Gasteiger partial charge in [-0.15, -0.1) is 0 Å². The van der Waals surface area contributed by atoms with Gasteiger partial charge >= 0.3 is 0 Å². The van der Waals surface area contributed by atoms with Crippen molar-refractivity contribution in [2.24, 2.45) is 0 Å². The van der Waals surface area contributed by atoms with Gasteiger partial charge in [0.2, 0.25) is 0 Å². The molecule has 0 spiro atoms. The highest BCUT2D eigenvalue weighted by Crippen LogP contribution is 2.30. The van der Waals surface area contributed by atoms with Gasteiger partial charge in [0.25, 0.3) is 0 Å². The molecule has 0 aliphatic carbocycles. The van der Waals surface area contributed by atoms with E-state index < -0.39 is 0 Å². The van der Waals surface area contributed by atoms with E-state index in [2.05, 4.69) is 60.7 Å². The number of hydrogen-bond acceptors (Lipinski definition) is 0. The van der Waals surface area contributed by atoms with Crippen LogP contribution in [0.5, 0.6) is 0 Å². The van der Waals surface area contributed by atoms with Crippen LogP contribution in [-0.2, 0) is 0 Å². The van der Waals surface area contributed by atoms with E-state index in [1.807, 2.05) is 18.2 Å². The third-order valence-electron chi connectivity index (χ3n) is 3.90. The van der Waals surface area contributed by atoms with Crippen molar-refractivity contribution in [2.45, 2.75) is 0 Å². The van der Waals surface area contributed by atoms with Crippen LogP contribution in [0.25, 0.3) is 32.7 Å². The molecular weight excluding hydrogens is 276 g/mol. The van der Waals surface area contributed by atoms with Gasteiger partial charge in [0.1, 0.15) is 0 Å². The molecule has 100 valence electrons. The molecule has 0 atom stereocenters. The van der Waals surface area contributed by atoms with Gasteiger partial charge in [-0.25, -0.2) is 0 Å². The van der Waals surface area contributed by atoms with E-state index in [9.17, 15) is 0 Å². The van der Waals surface area contributed by atoms with Gasteiger partial charge in [-0.3, -0.25) is 0 Å². The van der Waals surface area contributed by atoms with Crippen LogP contribution in [0.4, 0.5) is 0 Å². The molecule has 1 heteroatoms. The molecule has 0 nitrogen and oxygen atoms in total. The minimum absolute atomic E-state index is 0.770. The highest BCUT2D eigenvalue weighted by atomic mass is 35.5. The summed E-state index contributed by atoms with van der Waals surface area (Å²) in [5.74, 6) is 0. The lowest BCUT2D eigenvalue weighted by Crippen LogP contribution is -1.81. The highest BCUT2D eigenvalue weighted by molar-refractivity contribution is 6.30. The van der Waals surface area contributed by atoms with Crippen LogP contribution in [0.15, 0.2) is 78.9 Å². The quantitative estimate of drug-likeness (QED) is 0.360. The molecule has 0 N–H and O–H groups in total. The molecule has 4 rings (SSSR count). The summed E-state index contributed by atoms with van der Waals surface area (Å²) >= 11 is 6.09. The first-order valence-electron chi connectivity index (χ1n) is 6.99. The number of rotatable bonds is 1. The van der Waals surface area contributed by atoms with Gasteiger partial charge in [0.15, 0.2) is 0 Å². The summed E-state index contributed by atoms with van der Waals surface area (Å²) in [5.41, 5.74) is 2.35. The third kappa shape index (κ3) is 2.18. The Morgan fingerprint density at radius 2 is 1.29 bits per heavy atom. The molecule has 0 heterocycles. The summed E-state index contributed by atoms with van der Waals surface area (Å²) in [4.78, 5) is 0. The van der Waals surface area contributed by atoms with E-state index >= 15 is 0 Å². The first-order chi connectivity index (χ1) is 10.3. The standard InChI is InChI=1S/C20H13Cl/c21-18-6-3-5-15(13-18)16-10-11-20-17(12-16)9-8-14-4-1-2-7-19(14)20/h1-13H. The van der Waals surface area contributed by atoms with Gasteiger partial charge < -0.3 is 0 Å². The fourth-order valence-corrected chi connectivity index (χ4v) is 3.05. The van der Waals surface area contributed by atoms with Crippen LogP contribution in [0.1, 0.15) is 0 Å². The maximum atomic E-state index is 6.09. The lowest BCUT2D eigenvalue weighted by molar-refractivity contribution is 1.65. The molecule has 4 aromatic carbocycles. The first-order valence-corrected chi connectivity index (χ1v) is 7.36. The first kappa shape index (κ1) is 12.4. The highest BCUT2D eigenvalue weighted by Gasteiger charge is 2.03. The Labute approximate surface area is 128 Å². The molecule has 0 aliphatic rings. The average Bonchev–Trinajstić information content (AvgIpc) is 2.54. The second kappa shape index (κ2) is 4.91. The van der Waals surface area contributed by atoms with Gasteiger partial charge in [-0.05, 0) is 50.9 Å². The van der Waals surface area contributed by atoms with Crippen molar-refractivity contribution >= 4 is 33.1 Å². The molecule has 0 amide bonds. The molecule has 0 unspecified atom stereocenters. The summed E-state index contributed by atoms with van der Waals surface area (Å²) in [6, 6.07) is 27.4. The van der Waals surface area contributed by atoms with Crippen LogP contribution in [-0.4, -0.2) is 0 Å². The van der Waals surface area contributed by atoms with E-state index in [-0.39, 0.29) is 0 Å². The minimum Gasteiger partial charge on any atom is -0.0843 e. The molecule has 0 fully saturated rings. The number of hydrogen-bond donors (Lipinski definition) is 0. The second-order valence-corrected chi connectivity index (χ2v) is 5.67. The Hall–Kier alpha value is -2.31. The maximum absolute atomic E-state index is 6.09. The zero-order valence-corrected chi connectivity index (χ0v) is 12.1. The largest absolute Gasteiger partial charge is 0.0843 e. The lowest BCUT2D eigenvalue weighted by atomic mass is 9.97. The molecule has 0 bridgehead atoms. The fourth-order valence-electron chi connectivity index (χ4n) is 2.86. The molecular formula is C20H13Cl. The topological polar surface area (TPSA) is 0 Å². The van der Waals surface area contributed by atoms with Crippen molar-refractivity contribution in [1.29, 1.82) is 0 Å². The Bertz CT molecular complexity index is 954. The van der Waals surface area contributed by atoms with Crippen LogP contribution in [0.3, 0.4) is 0 Å². The van der Waals surface area contributed by atoms with Crippen LogP contribution in [0, 0.1) is 0 Å². The number of halogens is 1. The zero-order valence-electron chi connectivity index (χ0n) is 11.4. The lowest BCUT2D eigenvalue weighted by Gasteiger charge is -2.07. The SMILES string of the molecule is Clc1cccc(-c2ccc3c(ccc4ccccc43)c2)c1. The van der Waals surface area contributed by atoms with E-state index in [4.69, 9.17) is 11.6 Å². The smallest absolute Gasteiger partial charge is 0.0412 e. The molecule has 4 aromatic rings. The summed E-state index contributed by atoms with van der Waals surface area (Å²) < 4.78 is 0. The number of benzene rings is 4. The fraction of sp³-hybridized carbons (Fsp3) is 0.